The van der Waals surface area contributed by atoms with Crippen LogP contribution in [0.3, 0.4) is 0 Å². The zero-order valence-corrected chi connectivity index (χ0v) is 14.2. The molecule has 2 aromatic rings. The molecule has 1 aliphatic rings. The van der Waals surface area contributed by atoms with Crippen LogP contribution in [0.2, 0.25) is 0 Å². The fourth-order valence-electron chi connectivity index (χ4n) is 2.98. The SMILES string of the molecule is [B]COc1ccc(CC(=C)c2ccc3c(c2)CCN(C)CC3)nn1. The third-order valence-corrected chi connectivity index (χ3v) is 4.46. The Bertz CT molecular complexity index is 715. The van der Waals surface area contributed by atoms with Crippen molar-refractivity contribution in [1.29, 1.82) is 0 Å². The van der Waals surface area contributed by atoms with E-state index < -0.39 is 0 Å². The van der Waals surface area contributed by atoms with E-state index in [1.54, 1.807) is 6.07 Å². The van der Waals surface area contributed by atoms with Crippen LogP contribution in [0.4, 0.5) is 0 Å². The molecule has 3 rings (SSSR count). The second-order valence-electron chi connectivity index (χ2n) is 6.24. The van der Waals surface area contributed by atoms with Crippen LogP contribution in [0.15, 0.2) is 36.9 Å². The topological polar surface area (TPSA) is 38.2 Å². The molecule has 1 aromatic heterocycles. The molecular formula is C19H22BN3O. The number of hydrogen-bond donors (Lipinski definition) is 0. The van der Waals surface area contributed by atoms with Gasteiger partial charge in [-0.05, 0) is 48.2 Å². The summed E-state index contributed by atoms with van der Waals surface area (Å²) in [4.78, 5) is 2.38. The van der Waals surface area contributed by atoms with Crippen molar-refractivity contribution in [2.75, 3.05) is 26.6 Å². The molecule has 0 fully saturated rings. The van der Waals surface area contributed by atoms with Crippen LogP contribution < -0.4 is 4.74 Å². The van der Waals surface area contributed by atoms with Crippen molar-refractivity contribution in [3.05, 3.63) is 59.3 Å². The van der Waals surface area contributed by atoms with Gasteiger partial charge < -0.3 is 9.64 Å². The summed E-state index contributed by atoms with van der Waals surface area (Å²) in [5.74, 6) is 0.445. The van der Waals surface area contributed by atoms with Gasteiger partial charge in [-0.15, -0.1) is 5.10 Å². The summed E-state index contributed by atoms with van der Waals surface area (Å²) in [5, 5.41) is 8.18. The Balaban J connectivity index is 1.71. The fourth-order valence-corrected chi connectivity index (χ4v) is 2.98. The molecule has 122 valence electrons. The van der Waals surface area contributed by atoms with Crippen molar-refractivity contribution >= 4 is 13.4 Å². The smallest absolute Gasteiger partial charge is 0.232 e. The van der Waals surface area contributed by atoms with E-state index in [1.807, 2.05) is 6.07 Å². The maximum atomic E-state index is 5.32. The molecule has 0 aliphatic carbocycles. The summed E-state index contributed by atoms with van der Waals surface area (Å²) in [5.41, 5.74) is 6.01. The third-order valence-electron chi connectivity index (χ3n) is 4.46. The maximum Gasteiger partial charge on any atom is 0.232 e. The number of aromatic nitrogens is 2. The molecule has 0 N–H and O–H groups in total. The van der Waals surface area contributed by atoms with Gasteiger partial charge in [0.1, 0.15) is 7.85 Å². The molecule has 2 radical (unpaired) electrons. The van der Waals surface area contributed by atoms with Crippen LogP contribution in [0.5, 0.6) is 5.88 Å². The normalized spacial score (nSPS) is 14.7. The van der Waals surface area contributed by atoms with Gasteiger partial charge in [0.15, 0.2) is 0 Å². The predicted molar refractivity (Wildman–Crippen MR) is 97.4 cm³/mol. The monoisotopic (exact) mass is 319 g/mol. The zero-order chi connectivity index (χ0) is 16.9. The number of likely N-dealkylation sites (N-methyl/N-ethyl adjacent to an activating group) is 1. The van der Waals surface area contributed by atoms with Crippen LogP contribution in [0.25, 0.3) is 5.57 Å². The summed E-state index contributed by atoms with van der Waals surface area (Å²) in [6, 6.07) is 10.4. The van der Waals surface area contributed by atoms with Gasteiger partial charge in [-0.25, -0.2) is 0 Å². The van der Waals surface area contributed by atoms with Crippen LogP contribution in [0, 0.1) is 0 Å². The van der Waals surface area contributed by atoms with Crippen molar-refractivity contribution in [1.82, 2.24) is 15.1 Å². The van der Waals surface area contributed by atoms with Crippen molar-refractivity contribution < 1.29 is 4.74 Å². The summed E-state index contributed by atoms with van der Waals surface area (Å²) < 4.78 is 5.11. The van der Waals surface area contributed by atoms with Crippen molar-refractivity contribution in [3.8, 4) is 5.88 Å². The third kappa shape index (κ3) is 4.03. The van der Waals surface area contributed by atoms with Gasteiger partial charge in [0.25, 0.3) is 0 Å². The van der Waals surface area contributed by atoms with Crippen LogP contribution in [-0.2, 0) is 19.3 Å². The first-order chi connectivity index (χ1) is 11.7. The average Bonchev–Trinajstić information content (AvgIpc) is 2.78. The van der Waals surface area contributed by atoms with Crippen LogP contribution in [0.1, 0.15) is 22.4 Å². The molecule has 5 heteroatoms. The molecule has 24 heavy (non-hydrogen) atoms. The Hall–Kier alpha value is -2.14. The number of benzene rings is 1. The highest BCUT2D eigenvalue weighted by molar-refractivity contribution is 6.08. The minimum absolute atomic E-state index is 0.102. The molecule has 2 heterocycles. The number of ether oxygens (including phenoxy) is 1. The second kappa shape index (κ2) is 7.62. The van der Waals surface area contributed by atoms with Gasteiger partial charge in [-0.3, -0.25) is 0 Å². The Labute approximate surface area is 145 Å². The molecular weight excluding hydrogens is 297 g/mol. The van der Waals surface area contributed by atoms with Gasteiger partial charge in [0.2, 0.25) is 5.88 Å². The first kappa shape index (κ1) is 16.7. The standard InChI is InChI=1S/C19H22BN3O/c1-14(11-18-5-6-19(22-21-18)24-13-20)16-4-3-15-7-9-23(2)10-8-17(15)12-16/h3-6,12H,1,7-11,13H2,2H3. The molecule has 0 amide bonds. The first-order valence-corrected chi connectivity index (χ1v) is 8.29. The van der Waals surface area contributed by atoms with E-state index in [0.29, 0.717) is 12.3 Å². The van der Waals surface area contributed by atoms with E-state index in [4.69, 9.17) is 12.6 Å². The molecule has 0 saturated carbocycles. The molecule has 1 aliphatic heterocycles. The summed E-state index contributed by atoms with van der Waals surface area (Å²) in [6.45, 7) is 6.57. The lowest BCUT2D eigenvalue weighted by Gasteiger charge is -2.11. The van der Waals surface area contributed by atoms with E-state index >= 15 is 0 Å². The first-order valence-electron chi connectivity index (χ1n) is 8.29. The lowest BCUT2D eigenvalue weighted by molar-refractivity contribution is 0.352. The molecule has 4 nitrogen and oxygen atoms in total. The Morgan fingerprint density at radius 2 is 1.96 bits per heavy atom. The summed E-state index contributed by atoms with van der Waals surface area (Å²) in [6.07, 6.45) is 2.89. The van der Waals surface area contributed by atoms with Crippen molar-refractivity contribution in [2.45, 2.75) is 19.3 Å². The molecule has 0 saturated heterocycles. The minimum Gasteiger partial charge on any atom is -0.487 e. The van der Waals surface area contributed by atoms with E-state index in [-0.39, 0.29) is 6.51 Å². The number of fused-ring (bicyclic) bond motifs is 1. The highest BCUT2D eigenvalue weighted by atomic mass is 16.5. The Kier molecular flexibility index (Phi) is 5.31. The number of nitrogens with zero attached hydrogens (tertiary/aromatic N) is 3. The average molecular weight is 319 g/mol. The highest BCUT2D eigenvalue weighted by Gasteiger charge is 2.12. The maximum absolute atomic E-state index is 5.32. The quantitative estimate of drug-likeness (QED) is 0.793. The van der Waals surface area contributed by atoms with E-state index in [1.165, 1.54) is 16.7 Å². The predicted octanol–water partition coefficient (Wildman–Crippen LogP) is 2.27. The lowest BCUT2D eigenvalue weighted by Crippen LogP contribution is -2.20. The van der Waals surface area contributed by atoms with Gasteiger partial charge in [0, 0.05) is 32.1 Å². The van der Waals surface area contributed by atoms with E-state index in [0.717, 1.165) is 37.2 Å². The van der Waals surface area contributed by atoms with Gasteiger partial charge in [0.05, 0.1) is 5.69 Å². The largest absolute Gasteiger partial charge is 0.487 e. The van der Waals surface area contributed by atoms with E-state index in [9.17, 15) is 0 Å². The summed E-state index contributed by atoms with van der Waals surface area (Å²) in [7, 11) is 7.51. The molecule has 0 atom stereocenters. The van der Waals surface area contributed by atoms with Gasteiger partial charge in [-0.2, -0.15) is 5.10 Å². The van der Waals surface area contributed by atoms with Crippen LogP contribution in [-0.4, -0.2) is 49.6 Å². The summed E-state index contributed by atoms with van der Waals surface area (Å²) >= 11 is 0. The fraction of sp³-hybridized carbons (Fsp3) is 0.368. The number of rotatable bonds is 5. The van der Waals surface area contributed by atoms with Gasteiger partial charge >= 0.3 is 0 Å². The van der Waals surface area contributed by atoms with Gasteiger partial charge in [-0.1, -0.05) is 24.8 Å². The molecule has 0 unspecified atom stereocenters. The van der Waals surface area contributed by atoms with E-state index in [2.05, 4.69) is 46.9 Å². The van der Waals surface area contributed by atoms with Crippen molar-refractivity contribution in [3.63, 3.8) is 0 Å². The van der Waals surface area contributed by atoms with Crippen LogP contribution >= 0.6 is 0 Å². The Morgan fingerprint density at radius 1 is 1.17 bits per heavy atom. The lowest BCUT2D eigenvalue weighted by atomic mass is 9.95. The van der Waals surface area contributed by atoms with Crippen molar-refractivity contribution in [2.24, 2.45) is 0 Å². The molecule has 0 bridgehead atoms. The number of hydrogen-bond acceptors (Lipinski definition) is 4. The zero-order valence-electron chi connectivity index (χ0n) is 14.2. The highest BCUT2D eigenvalue weighted by Crippen LogP contribution is 2.23. The number of allylic oxidation sites excluding steroid dienone is 1. The second-order valence-corrected chi connectivity index (χ2v) is 6.24. The Morgan fingerprint density at radius 3 is 2.67 bits per heavy atom. The molecule has 0 spiro atoms. The molecule has 1 aromatic carbocycles. The minimum atomic E-state index is 0.102.